The molecule has 19 heavy (non-hydrogen) atoms. The third kappa shape index (κ3) is 3.10. The van der Waals surface area contributed by atoms with Crippen molar-refractivity contribution >= 4 is 11.0 Å². The second-order valence-electron chi connectivity index (χ2n) is 5.24. The molecule has 0 aliphatic rings. The lowest BCUT2D eigenvalue weighted by Crippen LogP contribution is -2.19. The lowest BCUT2D eigenvalue weighted by atomic mass is 10.1. The molecule has 3 nitrogen and oxygen atoms in total. The van der Waals surface area contributed by atoms with Gasteiger partial charge in [-0.3, -0.25) is 0 Å². The number of benzene rings is 1. The highest BCUT2D eigenvalue weighted by Gasteiger charge is 2.13. The van der Waals surface area contributed by atoms with Gasteiger partial charge in [0.2, 0.25) is 0 Å². The summed E-state index contributed by atoms with van der Waals surface area (Å²) < 4.78 is 11.2. The maximum Gasteiger partial charge on any atom is 0.134 e. The summed E-state index contributed by atoms with van der Waals surface area (Å²) in [6.45, 7) is 8.37. The zero-order valence-electron chi connectivity index (χ0n) is 12.2. The molecular weight excluding hydrogens is 238 g/mol. The Balaban J connectivity index is 2.28. The summed E-state index contributed by atoms with van der Waals surface area (Å²) in [5.74, 6) is 2.57. The summed E-state index contributed by atoms with van der Waals surface area (Å²) in [5, 5.41) is 4.61. The summed E-state index contributed by atoms with van der Waals surface area (Å²) >= 11 is 0. The zero-order chi connectivity index (χ0) is 13.8. The van der Waals surface area contributed by atoms with E-state index in [0.29, 0.717) is 5.92 Å². The molecule has 0 aliphatic carbocycles. The van der Waals surface area contributed by atoms with Crippen LogP contribution in [-0.2, 0) is 13.0 Å². The van der Waals surface area contributed by atoms with Crippen molar-refractivity contribution in [2.75, 3.05) is 13.7 Å². The Labute approximate surface area is 114 Å². The lowest BCUT2D eigenvalue weighted by Gasteiger charge is -2.06. The summed E-state index contributed by atoms with van der Waals surface area (Å²) in [6.07, 6.45) is 0.971. The molecule has 1 aromatic heterocycles. The van der Waals surface area contributed by atoms with E-state index in [1.165, 1.54) is 10.9 Å². The van der Waals surface area contributed by atoms with Crippen LogP contribution in [0.2, 0.25) is 0 Å². The van der Waals surface area contributed by atoms with Crippen LogP contribution in [0.15, 0.2) is 22.6 Å². The first-order valence-corrected chi connectivity index (χ1v) is 6.94. The van der Waals surface area contributed by atoms with Gasteiger partial charge in [-0.15, -0.1) is 0 Å². The van der Waals surface area contributed by atoms with Crippen molar-refractivity contribution in [3.05, 3.63) is 29.5 Å². The standard InChI is InChI=1S/C16H23NO2/c1-5-13-14-8-12(18-4)6-7-15(14)19-16(13)10-17-9-11(2)3/h6-8,11,17H,5,9-10H2,1-4H3. The normalized spacial score (nSPS) is 11.4. The van der Waals surface area contributed by atoms with Crippen molar-refractivity contribution < 1.29 is 9.15 Å². The van der Waals surface area contributed by atoms with Gasteiger partial charge in [0.15, 0.2) is 0 Å². The molecule has 2 aromatic rings. The number of aryl methyl sites for hydroxylation is 1. The van der Waals surface area contributed by atoms with E-state index >= 15 is 0 Å². The zero-order valence-corrected chi connectivity index (χ0v) is 12.2. The second kappa shape index (κ2) is 6.11. The molecule has 1 heterocycles. The van der Waals surface area contributed by atoms with E-state index in [1.807, 2.05) is 12.1 Å². The number of methoxy groups -OCH3 is 1. The Kier molecular flexibility index (Phi) is 4.48. The first kappa shape index (κ1) is 13.9. The Morgan fingerprint density at radius 3 is 2.74 bits per heavy atom. The molecule has 0 unspecified atom stereocenters. The maximum atomic E-state index is 5.95. The topological polar surface area (TPSA) is 34.4 Å². The van der Waals surface area contributed by atoms with Gasteiger partial charge in [-0.2, -0.15) is 0 Å². The average molecular weight is 261 g/mol. The van der Waals surface area contributed by atoms with Gasteiger partial charge in [-0.05, 0) is 37.1 Å². The smallest absolute Gasteiger partial charge is 0.134 e. The number of fused-ring (bicyclic) bond motifs is 1. The molecule has 0 saturated heterocycles. The number of hydrogen-bond acceptors (Lipinski definition) is 3. The van der Waals surface area contributed by atoms with Gasteiger partial charge in [0, 0.05) is 10.9 Å². The van der Waals surface area contributed by atoms with E-state index in [1.54, 1.807) is 7.11 Å². The fourth-order valence-corrected chi connectivity index (χ4v) is 2.31. The second-order valence-corrected chi connectivity index (χ2v) is 5.24. The van der Waals surface area contributed by atoms with Crippen LogP contribution in [0.3, 0.4) is 0 Å². The minimum atomic E-state index is 0.648. The van der Waals surface area contributed by atoms with Crippen LogP contribution in [0, 0.1) is 5.92 Å². The van der Waals surface area contributed by atoms with Gasteiger partial charge < -0.3 is 14.5 Å². The maximum absolute atomic E-state index is 5.95. The SMILES string of the molecule is CCc1c(CNCC(C)C)oc2ccc(OC)cc12. The highest BCUT2D eigenvalue weighted by molar-refractivity contribution is 5.83. The first-order chi connectivity index (χ1) is 9.15. The molecule has 1 aromatic carbocycles. The van der Waals surface area contributed by atoms with E-state index in [2.05, 4.69) is 32.2 Å². The summed E-state index contributed by atoms with van der Waals surface area (Å²) in [7, 11) is 1.69. The predicted molar refractivity (Wildman–Crippen MR) is 78.7 cm³/mol. The minimum Gasteiger partial charge on any atom is -0.497 e. The van der Waals surface area contributed by atoms with E-state index in [9.17, 15) is 0 Å². The Bertz CT molecular complexity index is 543. The van der Waals surface area contributed by atoms with Crippen LogP contribution >= 0.6 is 0 Å². The third-order valence-corrected chi connectivity index (χ3v) is 3.27. The summed E-state index contributed by atoms with van der Waals surface area (Å²) in [4.78, 5) is 0. The van der Waals surface area contributed by atoms with Crippen LogP contribution in [0.4, 0.5) is 0 Å². The fraction of sp³-hybridized carbons (Fsp3) is 0.500. The predicted octanol–water partition coefficient (Wildman–Crippen LogP) is 3.75. The molecule has 0 fully saturated rings. The molecular formula is C16H23NO2. The lowest BCUT2D eigenvalue weighted by molar-refractivity contribution is 0.415. The van der Waals surface area contributed by atoms with Crippen LogP contribution in [0.5, 0.6) is 5.75 Å². The molecule has 0 amide bonds. The molecule has 0 saturated carbocycles. The third-order valence-electron chi connectivity index (χ3n) is 3.27. The van der Waals surface area contributed by atoms with Crippen LogP contribution in [0.1, 0.15) is 32.1 Å². The molecule has 0 radical (unpaired) electrons. The van der Waals surface area contributed by atoms with E-state index in [0.717, 1.165) is 36.6 Å². The highest BCUT2D eigenvalue weighted by atomic mass is 16.5. The average Bonchev–Trinajstić information content (AvgIpc) is 2.74. The largest absolute Gasteiger partial charge is 0.497 e. The van der Waals surface area contributed by atoms with Gasteiger partial charge in [-0.25, -0.2) is 0 Å². The Hall–Kier alpha value is -1.48. The summed E-state index contributed by atoms with van der Waals surface area (Å²) in [5.41, 5.74) is 2.23. The van der Waals surface area contributed by atoms with Gasteiger partial charge in [0.1, 0.15) is 17.1 Å². The van der Waals surface area contributed by atoms with Crippen molar-refractivity contribution in [2.24, 2.45) is 5.92 Å². The molecule has 3 heteroatoms. The van der Waals surface area contributed by atoms with Crippen molar-refractivity contribution in [3.8, 4) is 5.75 Å². The Morgan fingerprint density at radius 2 is 2.11 bits per heavy atom. The van der Waals surface area contributed by atoms with Crippen LogP contribution in [-0.4, -0.2) is 13.7 Å². The number of rotatable bonds is 6. The van der Waals surface area contributed by atoms with Gasteiger partial charge in [0.05, 0.1) is 13.7 Å². The fourth-order valence-electron chi connectivity index (χ4n) is 2.31. The molecule has 1 N–H and O–H groups in total. The monoisotopic (exact) mass is 261 g/mol. The number of ether oxygens (including phenoxy) is 1. The number of hydrogen-bond donors (Lipinski definition) is 1. The van der Waals surface area contributed by atoms with Crippen LogP contribution in [0.25, 0.3) is 11.0 Å². The van der Waals surface area contributed by atoms with Crippen molar-refractivity contribution in [3.63, 3.8) is 0 Å². The van der Waals surface area contributed by atoms with Crippen molar-refractivity contribution in [2.45, 2.75) is 33.7 Å². The van der Waals surface area contributed by atoms with Crippen molar-refractivity contribution in [1.82, 2.24) is 5.32 Å². The first-order valence-electron chi connectivity index (χ1n) is 6.94. The minimum absolute atomic E-state index is 0.648. The van der Waals surface area contributed by atoms with Crippen LogP contribution < -0.4 is 10.1 Å². The van der Waals surface area contributed by atoms with Gasteiger partial charge in [-0.1, -0.05) is 20.8 Å². The Morgan fingerprint density at radius 1 is 1.32 bits per heavy atom. The number of nitrogens with one attached hydrogen (secondary N) is 1. The number of furan rings is 1. The molecule has 2 rings (SSSR count). The van der Waals surface area contributed by atoms with E-state index < -0.39 is 0 Å². The summed E-state index contributed by atoms with van der Waals surface area (Å²) in [6, 6.07) is 5.99. The molecule has 0 atom stereocenters. The van der Waals surface area contributed by atoms with Gasteiger partial charge in [0.25, 0.3) is 0 Å². The van der Waals surface area contributed by atoms with Crippen molar-refractivity contribution in [1.29, 1.82) is 0 Å². The molecule has 0 spiro atoms. The van der Waals surface area contributed by atoms with E-state index in [4.69, 9.17) is 9.15 Å². The molecule has 0 bridgehead atoms. The molecule has 104 valence electrons. The molecule has 0 aliphatic heterocycles. The van der Waals surface area contributed by atoms with E-state index in [-0.39, 0.29) is 0 Å². The van der Waals surface area contributed by atoms with Gasteiger partial charge >= 0.3 is 0 Å². The quantitative estimate of drug-likeness (QED) is 0.860. The highest BCUT2D eigenvalue weighted by Crippen LogP contribution is 2.29.